The highest BCUT2D eigenvalue weighted by molar-refractivity contribution is 7.89. The summed E-state index contributed by atoms with van der Waals surface area (Å²) in [6.45, 7) is 0.911. The summed E-state index contributed by atoms with van der Waals surface area (Å²) < 4.78 is 58.8. The van der Waals surface area contributed by atoms with Crippen LogP contribution in [0.2, 0.25) is 0 Å². The molecule has 0 saturated carbocycles. The standard InChI is InChI=1S/C9H17F3N2O2S/c10-9(11,12)8-3-1-4-14(7-8)5-2-6-17(13,15)16/h8H,1-7H2,(H2,13,15,16). The molecular formula is C9H17F3N2O2S. The lowest BCUT2D eigenvalue weighted by Crippen LogP contribution is -2.42. The largest absolute Gasteiger partial charge is 0.393 e. The van der Waals surface area contributed by atoms with Crippen LogP contribution in [0.3, 0.4) is 0 Å². The van der Waals surface area contributed by atoms with E-state index in [1.807, 2.05) is 0 Å². The zero-order chi connectivity index (χ0) is 13.1. The van der Waals surface area contributed by atoms with Crippen LogP contribution >= 0.6 is 0 Å². The first-order chi connectivity index (χ1) is 7.68. The van der Waals surface area contributed by atoms with Gasteiger partial charge in [0.1, 0.15) is 0 Å². The summed E-state index contributed by atoms with van der Waals surface area (Å²) in [5.74, 6) is -1.47. The Morgan fingerprint density at radius 3 is 2.53 bits per heavy atom. The highest BCUT2D eigenvalue weighted by atomic mass is 32.2. The minimum absolute atomic E-state index is 0.0336. The summed E-state index contributed by atoms with van der Waals surface area (Å²) in [4.78, 5) is 1.66. The van der Waals surface area contributed by atoms with Crippen LogP contribution in [-0.2, 0) is 10.0 Å². The molecule has 102 valence electrons. The van der Waals surface area contributed by atoms with Crippen LogP contribution in [0, 0.1) is 5.92 Å². The molecule has 1 aliphatic rings. The van der Waals surface area contributed by atoms with Gasteiger partial charge in [0.05, 0.1) is 11.7 Å². The molecule has 1 rings (SSSR count). The number of primary sulfonamides is 1. The summed E-state index contributed by atoms with van der Waals surface area (Å²) in [5.41, 5.74) is 0. The van der Waals surface area contributed by atoms with Crippen LogP contribution in [0.15, 0.2) is 0 Å². The minimum atomic E-state index is -4.15. The Bertz CT molecular complexity index is 343. The lowest BCUT2D eigenvalue weighted by molar-refractivity contribution is -0.186. The van der Waals surface area contributed by atoms with Crippen molar-refractivity contribution in [3.05, 3.63) is 0 Å². The number of hydrogen-bond acceptors (Lipinski definition) is 3. The molecule has 4 nitrogen and oxygen atoms in total. The number of rotatable bonds is 4. The van der Waals surface area contributed by atoms with Gasteiger partial charge in [-0.1, -0.05) is 0 Å². The molecule has 1 atom stereocenters. The Kier molecular flexibility index (Phi) is 4.79. The molecule has 0 bridgehead atoms. The summed E-state index contributed by atoms with van der Waals surface area (Å²) in [7, 11) is -3.52. The SMILES string of the molecule is NS(=O)(=O)CCCN1CCCC(C(F)(F)F)C1. The first kappa shape index (κ1) is 14.7. The average Bonchev–Trinajstić information content (AvgIpc) is 2.15. The number of nitrogens with zero attached hydrogens (tertiary/aromatic N) is 1. The van der Waals surface area contributed by atoms with Crippen molar-refractivity contribution in [2.24, 2.45) is 11.1 Å². The molecule has 1 unspecified atom stereocenters. The molecule has 17 heavy (non-hydrogen) atoms. The van der Waals surface area contributed by atoms with E-state index >= 15 is 0 Å². The maximum Gasteiger partial charge on any atom is 0.393 e. The Morgan fingerprint density at radius 1 is 1.35 bits per heavy atom. The van der Waals surface area contributed by atoms with E-state index in [2.05, 4.69) is 0 Å². The van der Waals surface area contributed by atoms with E-state index in [1.54, 1.807) is 4.90 Å². The number of likely N-dealkylation sites (tertiary alicyclic amines) is 1. The van der Waals surface area contributed by atoms with Gasteiger partial charge in [-0.25, -0.2) is 13.6 Å². The van der Waals surface area contributed by atoms with E-state index in [1.165, 1.54) is 0 Å². The van der Waals surface area contributed by atoms with Gasteiger partial charge >= 0.3 is 6.18 Å². The predicted octanol–water partition coefficient (Wildman–Crippen LogP) is 0.939. The summed E-state index contributed by atoms with van der Waals surface area (Å²) >= 11 is 0. The number of alkyl halides is 3. The van der Waals surface area contributed by atoms with Crippen molar-refractivity contribution in [3.63, 3.8) is 0 Å². The van der Waals surface area contributed by atoms with Gasteiger partial charge in [-0.05, 0) is 32.4 Å². The van der Waals surface area contributed by atoms with E-state index in [-0.39, 0.29) is 25.1 Å². The molecule has 0 spiro atoms. The van der Waals surface area contributed by atoms with Crippen molar-refractivity contribution < 1.29 is 21.6 Å². The van der Waals surface area contributed by atoms with Crippen molar-refractivity contribution in [2.75, 3.05) is 25.4 Å². The highest BCUT2D eigenvalue weighted by Crippen LogP contribution is 2.32. The Balaban J connectivity index is 2.35. The fourth-order valence-corrected chi connectivity index (χ4v) is 2.55. The molecule has 0 aromatic rings. The Labute approximate surface area is 99.0 Å². The van der Waals surface area contributed by atoms with E-state index in [4.69, 9.17) is 5.14 Å². The highest BCUT2D eigenvalue weighted by Gasteiger charge is 2.41. The Hall–Kier alpha value is -0.340. The van der Waals surface area contributed by atoms with E-state index in [9.17, 15) is 21.6 Å². The van der Waals surface area contributed by atoms with Gasteiger partial charge in [0, 0.05) is 6.54 Å². The molecule has 1 saturated heterocycles. The zero-order valence-electron chi connectivity index (χ0n) is 9.41. The van der Waals surface area contributed by atoms with Gasteiger partial charge in [0.25, 0.3) is 0 Å². The summed E-state index contributed by atoms with van der Waals surface area (Å²) in [6.07, 6.45) is -3.21. The van der Waals surface area contributed by atoms with E-state index < -0.39 is 22.1 Å². The third-order valence-electron chi connectivity index (χ3n) is 2.87. The van der Waals surface area contributed by atoms with Gasteiger partial charge < -0.3 is 4.90 Å². The third kappa shape index (κ3) is 5.69. The molecule has 0 radical (unpaired) electrons. The van der Waals surface area contributed by atoms with Crippen molar-refractivity contribution in [3.8, 4) is 0 Å². The molecule has 1 heterocycles. The summed E-state index contributed by atoms with van der Waals surface area (Å²) in [6, 6.07) is 0. The van der Waals surface area contributed by atoms with Crippen LogP contribution in [-0.4, -0.2) is 44.9 Å². The molecule has 0 amide bonds. The molecule has 0 aliphatic carbocycles. The number of piperidine rings is 1. The molecule has 1 fully saturated rings. The zero-order valence-corrected chi connectivity index (χ0v) is 10.2. The Morgan fingerprint density at radius 2 is 2.00 bits per heavy atom. The molecule has 2 N–H and O–H groups in total. The number of halogens is 3. The van der Waals surface area contributed by atoms with Gasteiger partial charge in [-0.15, -0.1) is 0 Å². The third-order valence-corrected chi connectivity index (χ3v) is 3.73. The second-order valence-electron chi connectivity index (χ2n) is 4.40. The van der Waals surface area contributed by atoms with Crippen LogP contribution in [0.1, 0.15) is 19.3 Å². The maximum atomic E-state index is 12.5. The number of sulfonamides is 1. The minimum Gasteiger partial charge on any atom is -0.303 e. The van der Waals surface area contributed by atoms with Gasteiger partial charge in [-0.3, -0.25) is 0 Å². The quantitative estimate of drug-likeness (QED) is 0.830. The molecule has 8 heteroatoms. The van der Waals surface area contributed by atoms with E-state index in [0.717, 1.165) is 0 Å². The van der Waals surface area contributed by atoms with Crippen LogP contribution in [0.4, 0.5) is 13.2 Å². The molecule has 1 aliphatic heterocycles. The summed E-state index contributed by atoms with van der Waals surface area (Å²) in [5, 5.41) is 4.82. The fraction of sp³-hybridized carbons (Fsp3) is 1.00. The second kappa shape index (κ2) is 5.53. The van der Waals surface area contributed by atoms with Gasteiger partial charge in [0.15, 0.2) is 0 Å². The van der Waals surface area contributed by atoms with Gasteiger partial charge in [-0.2, -0.15) is 13.2 Å². The molecule has 0 aromatic carbocycles. The maximum absolute atomic E-state index is 12.5. The van der Waals surface area contributed by atoms with Crippen LogP contribution in [0.5, 0.6) is 0 Å². The molecular weight excluding hydrogens is 257 g/mol. The van der Waals surface area contributed by atoms with Crippen molar-refractivity contribution in [1.29, 1.82) is 0 Å². The fourth-order valence-electron chi connectivity index (χ4n) is 2.02. The first-order valence-corrected chi connectivity index (χ1v) is 7.19. The lowest BCUT2D eigenvalue weighted by atomic mass is 9.97. The van der Waals surface area contributed by atoms with Crippen molar-refractivity contribution in [1.82, 2.24) is 4.90 Å². The molecule has 0 aromatic heterocycles. The van der Waals surface area contributed by atoms with Crippen LogP contribution < -0.4 is 5.14 Å². The lowest BCUT2D eigenvalue weighted by Gasteiger charge is -2.33. The topological polar surface area (TPSA) is 63.4 Å². The predicted molar refractivity (Wildman–Crippen MR) is 57.8 cm³/mol. The smallest absolute Gasteiger partial charge is 0.303 e. The average molecular weight is 274 g/mol. The number of hydrogen-bond donors (Lipinski definition) is 1. The normalized spacial score (nSPS) is 23.9. The monoisotopic (exact) mass is 274 g/mol. The van der Waals surface area contributed by atoms with Crippen molar-refractivity contribution >= 4 is 10.0 Å². The van der Waals surface area contributed by atoms with Crippen LogP contribution in [0.25, 0.3) is 0 Å². The van der Waals surface area contributed by atoms with Crippen molar-refractivity contribution in [2.45, 2.75) is 25.4 Å². The van der Waals surface area contributed by atoms with E-state index in [0.29, 0.717) is 19.5 Å². The number of nitrogens with two attached hydrogens (primary N) is 1. The first-order valence-electron chi connectivity index (χ1n) is 5.48. The van der Waals surface area contributed by atoms with Gasteiger partial charge in [0.2, 0.25) is 10.0 Å². The second-order valence-corrected chi connectivity index (χ2v) is 6.14.